The fourth-order valence-corrected chi connectivity index (χ4v) is 1.89. The zero-order valence-corrected chi connectivity index (χ0v) is 12.0. The molecule has 0 bridgehead atoms. The minimum Gasteiger partial charge on any atom is -0.396 e. The molecule has 0 unspecified atom stereocenters. The average molecular weight is 283 g/mol. The number of aryl methyl sites for hydroxylation is 1. The Hall–Kier alpha value is -1.24. The second kappa shape index (κ2) is 9.63. The van der Waals surface area contributed by atoms with Crippen molar-refractivity contribution < 1.29 is 15.3 Å². The van der Waals surface area contributed by atoms with E-state index in [1.165, 1.54) is 4.68 Å². The maximum atomic E-state index is 10.0. The van der Waals surface area contributed by atoms with Crippen LogP contribution in [0.3, 0.4) is 0 Å². The number of aromatic nitrogens is 3. The third-order valence-corrected chi connectivity index (χ3v) is 3.11. The number of hydrogen-bond donors (Lipinski definition) is 3. The molecule has 0 aliphatic heterocycles. The van der Waals surface area contributed by atoms with Crippen molar-refractivity contribution in [3.05, 3.63) is 24.0 Å². The Morgan fingerprint density at radius 2 is 2.15 bits per heavy atom. The molecular weight excluding hydrogens is 258 g/mol. The summed E-state index contributed by atoms with van der Waals surface area (Å²) < 4.78 is 1.51. The molecule has 6 heteroatoms. The van der Waals surface area contributed by atoms with Crippen molar-refractivity contribution in [3.8, 4) is 0 Å². The third-order valence-electron chi connectivity index (χ3n) is 3.11. The molecule has 20 heavy (non-hydrogen) atoms. The van der Waals surface area contributed by atoms with Gasteiger partial charge in [0, 0.05) is 12.8 Å². The van der Waals surface area contributed by atoms with Crippen molar-refractivity contribution in [1.29, 1.82) is 0 Å². The lowest BCUT2D eigenvalue weighted by Gasteiger charge is -2.17. The second-order valence-corrected chi connectivity index (χ2v) is 4.83. The molecule has 0 aliphatic rings. The molecule has 0 saturated carbocycles. The van der Waals surface area contributed by atoms with Gasteiger partial charge in [0.25, 0.3) is 0 Å². The summed E-state index contributed by atoms with van der Waals surface area (Å²) in [6.45, 7) is 2.04. The molecule has 2 atom stereocenters. The van der Waals surface area contributed by atoms with Gasteiger partial charge in [0.05, 0.1) is 18.4 Å². The minimum atomic E-state index is -0.779. The molecular formula is C14H25N3O3. The maximum Gasteiger partial charge on any atom is 0.106 e. The quantitative estimate of drug-likeness (QED) is 0.437. The molecule has 1 rings (SSSR count). The molecule has 1 aromatic heterocycles. The number of nitrogens with zero attached hydrogens (tertiary/aromatic N) is 3. The molecule has 0 aliphatic carbocycles. The molecule has 0 spiro atoms. The van der Waals surface area contributed by atoms with E-state index in [-0.39, 0.29) is 13.2 Å². The Bertz CT molecular complexity index is 393. The summed E-state index contributed by atoms with van der Waals surface area (Å²) in [6.07, 6.45) is 8.80. The van der Waals surface area contributed by atoms with Gasteiger partial charge >= 0.3 is 0 Å². The van der Waals surface area contributed by atoms with E-state index in [4.69, 9.17) is 5.11 Å². The van der Waals surface area contributed by atoms with Gasteiger partial charge in [-0.3, -0.25) is 0 Å². The van der Waals surface area contributed by atoms with Crippen LogP contribution in [0.15, 0.2) is 18.3 Å². The molecule has 0 saturated heterocycles. The van der Waals surface area contributed by atoms with Crippen molar-refractivity contribution in [3.63, 3.8) is 0 Å². The summed E-state index contributed by atoms with van der Waals surface area (Å²) in [4.78, 5) is 0. The Morgan fingerprint density at radius 3 is 2.80 bits per heavy atom. The van der Waals surface area contributed by atoms with E-state index in [2.05, 4.69) is 17.2 Å². The molecule has 0 aromatic carbocycles. The first-order chi connectivity index (χ1) is 9.72. The summed E-state index contributed by atoms with van der Waals surface area (Å²) in [5.74, 6) is 0. The molecule has 3 N–H and O–H groups in total. The van der Waals surface area contributed by atoms with Crippen molar-refractivity contribution in [2.75, 3.05) is 13.2 Å². The Balaban J connectivity index is 2.60. The fourth-order valence-electron chi connectivity index (χ4n) is 1.89. The van der Waals surface area contributed by atoms with Crippen LogP contribution in [-0.4, -0.2) is 49.6 Å². The fraction of sp³-hybridized carbons (Fsp3) is 0.714. The van der Waals surface area contributed by atoms with Crippen LogP contribution in [0, 0.1) is 0 Å². The van der Waals surface area contributed by atoms with E-state index in [1.807, 2.05) is 6.08 Å². The maximum absolute atomic E-state index is 10.0. The molecule has 6 nitrogen and oxygen atoms in total. The largest absolute Gasteiger partial charge is 0.396 e. The van der Waals surface area contributed by atoms with Gasteiger partial charge in [0.2, 0.25) is 0 Å². The predicted molar refractivity (Wildman–Crippen MR) is 76.2 cm³/mol. The zero-order chi connectivity index (χ0) is 14.8. The number of unbranched alkanes of at least 4 members (excludes halogenated alkanes) is 2. The molecule has 0 fully saturated rings. The summed E-state index contributed by atoms with van der Waals surface area (Å²) in [7, 11) is 0. The number of aliphatic hydroxyl groups is 3. The highest BCUT2D eigenvalue weighted by atomic mass is 16.3. The summed E-state index contributed by atoms with van der Waals surface area (Å²) in [5.41, 5.74) is 0.807. The number of rotatable bonds is 10. The van der Waals surface area contributed by atoms with Crippen molar-refractivity contribution in [2.45, 2.75) is 51.2 Å². The Labute approximate surface area is 119 Å². The molecule has 1 heterocycles. The van der Waals surface area contributed by atoms with E-state index in [9.17, 15) is 10.2 Å². The van der Waals surface area contributed by atoms with Gasteiger partial charge < -0.3 is 15.3 Å². The van der Waals surface area contributed by atoms with Gasteiger partial charge in [-0.1, -0.05) is 30.7 Å². The van der Waals surface area contributed by atoms with Crippen LogP contribution < -0.4 is 0 Å². The van der Waals surface area contributed by atoms with Crippen LogP contribution in [0.4, 0.5) is 0 Å². The van der Waals surface area contributed by atoms with Gasteiger partial charge in [0.15, 0.2) is 0 Å². The highest BCUT2D eigenvalue weighted by Gasteiger charge is 2.19. The first-order valence-electron chi connectivity index (χ1n) is 7.20. The highest BCUT2D eigenvalue weighted by molar-refractivity contribution is 4.98. The first kappa shape index (κ1) is 16.8. The normalized spacial score (nSPS) is 14.8. The standard InChI is InChI=1S/C14H25N3O3/c1-2-3-4-8-14(20)13(11-19)17-10-12(15-16-17)7-5-6-9-18/h4,8,10,13-14,18-20H,2-3,5-7,9,11H2,1H3/b8-4+/t13-,14+/m0/s1. The summed E-state index contributed by atoms with van der Waals surface area (Å²) in [6, 6.07) is -0.512. The lowest BCUT2D eigenvalue weighted by molar-refractivity contribution is 0.0974. The first-order valence-corrected chi connectivity index (χ1v) is 7.20. The van der Waals surface area contributed by atoms with Gasteiger partial charge in [-0.25, -0.2) is 4.68 Å². The smallest absolute Gasteiger partial charge is 0.106 e. The zero-order valence-electron chi connectivity index (χ0n) is 12.0. The van der Waals surface area contributed by atoms with E-state index in [1.54, 1.807) is 12.3 Å². The van der Waals surface area contributed by atoms with Crippen LogP contribution in [0.5, 0.6) is 0 Å². The van der Waals surface area contributed by atoms with Crippen LogP contribution in [0.25, 0.3) is 0 Å². The lowest BCUT2D eigenvalue weighted by Crippen LogP contribution is -2.26. The molecule has 0 radical (unpaired) electrons. The van der Waals surface area contributed by atoms with Crippen LogP contribution in [0.1, 0.15) is 44.3 Å². The highest BCUT2D eigenvalue weighted by Crippen LogP contribution is 2.13. The SMILES string of the molecule is CCC/C=C/[C@@H](O)[C@H](CO)n1cc(CCCCO)nn1. The molecule has 1 aromatic rings. The van der Waals surface area contributed by atoms with Crippen LogP contribution in [0.2, 0.25) is 0 Å². The number of allylic oxidation sites excluding steroid dienone is 1. The molecule has 0 amide bonds. The van der Waals surface area contributed by atoms with Gasteiger partial charge in [-0.15, -0.1) is 5.10 Å². The topological polar surface area (TPSA) is 91.4 Å². The van der Waals surface area contributed by atoms with E-state index >= 15 is 0 Å². The number of aliphatic hydroxyl groups excluding tert-OH is 3. The van der Waals surface area contributed by atoms with Gasteiger partial charge in [-0.2, -0.15) is 0 Å². The van der Waals surface area contributed by atoms with E-state index in [0.717, 1.165) is 37.8 Å². The molecule has 114 valence electrons. The van der Waals surface area contributed by atoms with E-state index in [0.29, 0.717) is 0 Å². The Kier molecular flexibility index (Phi) is 8.10. The number of hydrogen-bond acceptors (Lipinski definition) is 5. The van der Waals surface area contributed by atoms with Crippen molar-refractivity contribution >= 4 is 0 Å². The summed E-state index contributed by atoms with van der Waals surface area (Å²) >= 11 is 0. The minimum absolute atomic E-state index is 0.175. The van der Waals surface area contributed by atoms with E-state index < -0.39 is 12.1 Å². The van der Waals surface area contributed by atoms with Crippen molar-refractivity contribution in [1.82, 2.24) is 15.0 Å². The van der Waals surface area contributed by atoms with Gasteiger partial charge in [0.1, 0.15) is 6.04 Å². The lowest BCUT2D eigenvalue weighted by atomic mass is 10.1. The average Bonchev–Trinajstić information content (AvgIpc) is 2.89. The summed E-state index contributed by atoms with van der Waals surface area (Å²) in [5, 5.41) is 36.2. The Morgan fingerprint density at radius 1 is 1.35 bits per heavy atom. The predicted octanol–water partition coefficient (Wildman–Crippen LogP) is 0.844. The third kappa shape index (κ3) is 5.40. The van der Waals surface area contributed by atoms with Gasteiger partial charge in [-0.05, 0) is 25.7 Å². The monoisotopic (exact) mass is 283 g/mol. The van der Waals surface area contributed by atoms with Crippen LogP contribution >= 0.6 is 0 Å². The second-order valence-electron chi connectivity index (χ2n) is 4.83. The van der Waals surface area contributed by atoms with Crippen molar-refractivity contribution in [2.24, 2.45) is 0 Å². The van der Waals surface area contributed by atoms with Crippen LogP contribution in [-0.2, 0) is 6.42 Å².